The summed E-state index contributed by atoms with van der Waals surface area (Å²) in [6, 6.07) is 15.1. The number of carbonyl (C=O) groups is 1. The minimum atomic E-state index is -4.03. The average Bonchev–Trinajstić information content (AvgIpc) is 2.74. The maximum Gasteiger partial charge on any atom is 0.273 e. The molecule has 2 aromatic carbocycles. The Morgan fingerprint density at radius 3 is 2.48 bits per heavy atom. The average molecular weight is 440 g/mol. The zero-order chi connectivity index (χ0) is 22.4. The first-order valence-electron chi connectivity index (χ1n) is 9.32. The molecule has 31 heavy (non-hydrogen) atoms. The van der Waals surface area contributed by atoms with E-state index in [9.17, 15) is 23.3 Å². The molecule has 1 amide bonds. The van der Waals surface area contributed by atoms with Crippen LogP contribution in [-0.4, -0.2) is 30.8 Å². The fourth-order valence-electron chi connectivity index (χ4n) is 2.81. The topological polar surface area (TPSA) is 131 Å². The van der Waals surface area contributed by atoms with E-state index >= 15 is 0 Å². The van der Waals surface area contributed by atoms with Gasteiger partial charge in [0.25, 0.3) is 21.6 Å². The number of amides is 1. The number of carbonyl (C=O) groups excluding carboxylic acids is 1. The molecule has 160 valence electrons. The number of hydrogen-bond donors (Lipinski definition) is 2. The van der Waals surface area contributed by atoms with Gasteiger partial charge in [-0.05, 0) is 49.4 Å². The second-order valence-electron chi connectivity index (χ2n) is 6.72. The number of rotatable bonds is 8. The van der Waals surface area contributed by atoms with Crippen molar-refractivity contribution in [3.8, 4) is 0 Å². The molecule has 9 nitrogen and oxygen atoms in total. The van der Waals surface area contributed by atoms with Crippen molar-refractivity contribution in [2.45, 2.75) is 18.2 Å². The van der Waals surface area contributed by atoms with E-state index in [2.05, 4.69) is 15.0 Å². The highest BCUT2D eigenvalue weighted by molar-refractivity contribution is 7.92. The first kappa shape index (κ1) is 21.9. The number of anilines is 1. The Hall–Kier alpha value is -3.79. The number of nitrogens with one attached hydrogen (secondary N) is 2. The van der Waals surface area contributed by atoms with Gasteiger partial charge in [-0.25, -0.2) is 8.42 Å². The third-order valence-electron chi connectivity index (χ3n) is 4.48. The molecule has 1 aromatic heterocycles. The highest BCUT2D eigenvalue weighted by atomic mass is 32.2. The van der Waals surface area contributed by atoms with Crippen LogP contribution in [0.5, 0.6) is 0 Å². The number of aryl methyl sites for hydroxylation is 1. The van der Waals surface area contributed by atoms with Crippen LogP contribution >= 0.6 is 0 Å². The number of sulfonamides is 1. The van der Waals surface area contributed by atoms with Crippen LogP contribution in [0.2, 0.25) is 0 Å². The summed E-state index contributed by atoms with van der Waals surface area (Å²) in [6.07, 6.45) is 2.28. The van der Waals surface area contributed by atoms with Gasteiger partial charge >= 0.3 is 0 Å². The number of nitrogens with zero attached hydrogens (tertiary/aromatic N) is 2. The summed E-state index contributed by atoms with van der Waals surface area (Å²) >= 11 is 0. The lowest BCUT2D eigenvalue weighted by Crippen LogP contribution is -2.25. The van der Waals surface area contributed by atoms with Gasteiger partial charge < -0.3 is 5.32 Å². The van der Waals surface area contributed by atoms with Crippen LogP contribution in [-0.2, 0) is 16.4 Å². The maximum absolute atomic E-state index is 12.6. The molecule has 0 atom stereocenters. The lowest BCUT2D eigenvalue weighted by Gasteiger charge is -2.10. The summed E-state index contributed by atoms with van der Waals surface area (Å²) in [5.41, 5.74) is 1.55. The SMILES string of the molecule is Cc1ccc(S(=O)(=O)Nc2ccc(C(=O)NCCc3ccccn3)cc2)cc1[N+](=O)[O-]. The van der Waals surface area contributed by atoms with Crippen molar-refractivity contribution in [1.82, 2.24) is 10.3 Å². The third kappa shape index (κ3) is 5.64. The molecule has 0 saturated carbocycles. The molecule has 3 rings (SSSR count). The second-order valence-corrected chi connectivity index (χ2v) is 8.40. The number of hydrogen-bond acceptors (Lipinski definition) is 6. The van der Waals surface area contributed by atoms with E-state index in [0.29, 0.717) is 24.1 Å². The van der Waals surface area contributed by atoms with E-state index in [4.69, 9.17) is 0 Å². The van der Waals surface area contributed by atoms with Crippen molar-refractivity contribution >= 4 is 27.3 Å². The Balaban J connectivity index is 1.64. The molecule has 0 aliphatic rings. The van der Waals surface area contributed by atoms with Crippen molar-refractivity contribution in [3.63, 3.8) is 0 Å². The van der Waals surface area contributed by atoms with E-state index in [1.807, 2.05) is 18.2 Å². The van der Waals surface area contributed by atoms with Crippen LogP contribution in [0.3, 0.4) is 0 Å². The second kappa shape index (κ2) is 9.35. The Bertz CT molecular complexity index is 1200. The summed E-state index contributed by atoms with van der Waals surface area (Å²) in [4.78, 5) is 26.7. The van der Waals surface area contributed by atoms with E-state index in [1.165, 1.54) is 43.3 Å². The molecule has 0 unspecified atom stereocenters. The lowest BCUT2D eigenvalue weighted by atomic mass is 10.2. The number of pyridine rings is 1. The first-order chi connectivity index (χ1) is 14.8. The Morgan fingerprint density at radius 1 is 1.10 bits per heavy atom. The zero-order valence-corrected chi connectivity index (χ0v) is 17.4. The summed E-state index contributed by atoms with van der Waals surface area (Å²) in [7, 11) is -4.03. The van der Waals surface area contributed by atoms with Crippen molar-refractivity contribution in [3.05, 3.63) is 93.8 Å². The summed E-state index contributed by atoms with van der Waals surface area (Å²) in [5.74, 6) is -0.292. The largest absolute Gasteiger partial charge is 0.352 e. The molecular formula is C21H20N4O5S. The first-order valence-corrected chi connectivity index (χ1v) is 10.8. The Kier molecular flexibility index (Phi) is 6.61. The molecule has 0 aliphatic heterocycles. The van der Waals surface area contributed by atoms with Gasteiger partial charge in [-0.2, -0.15) is 0 Å². The maximum atomic E-state index is 12.6. The molecular weight excluding hydrogens is 420 g/mol. The number of nitro benzene ring substituents is 1. The van der Waals surface area contributed by atoms with Gasteiger partial charge in [-0.3, -0.25) is 24.6 Å². The van der Waals surface area contributed by atoms with Gasteiger partial charge in [0.05, 0.1) is 9.82 Å². The normalized spacial score (nSPS) is 11.0. The molecule has 1 heterocycles. The number of benzene rings is 2. The van der Waals surface area contributed by atoms with Crippen LogP contribution in [0.1, 0.15) is 21.6 Å². The summed E-state index contributed by atoms with van der Waals surface area (Å²) in [6.45, 7) is 1.94. The van der Waals surface area contributed by atoms with Crippen LogP contribution in [0.25, 0.3) is 0 Å². The van der Waals surface area contributed by atoms with Gasteiger partial charge in [0.2, 0.25) is 0 Å². The van der Waals surface area contributed by atoms with Gasteiger partial charge in [0.1, 0.15) is 0 Å². The molecule has 2 N–H and O–H groups in total. The van der Waals surface area contributed by atoms with Gasteiger partial charge in [0.15, 0.2) is 0 Å². The fraction of sp³-hybridized carbons (Fsp3) is 0.143. The van der Waals surface area contributed by atoms with E-state index in [0.717, 1.165) is 11.8 Å². The third-order valence-corrected chi connectivity index (χ3v) is 5.86. The fourth-order valence-corrected chi connectivity index (χ4v) is 3.89. The molecule has 0 spiro atoms. The zero-order valence-electron chi connectivity index (χ0n) is 16.6. The monoisotopic (exact) mass is 440 g/mol. The van der Waals surface area contributed by atoms with E-state index in [-0.39, 0.29) is 22.2 Å². The smallest absolute Gasteiger partial charge is 0.273 e. The van der Waals surface area contributed by atoms with Gasteiger partial charge in [0, 0.05) is 47.7 Å². The van der Waals surface area contributed by atoms with Gasteiger partial charge in [-0.15, -0.1) is 0 Å². The van der Waals surface area contributed by atoms with Crippen LogP contribution < -0.4 is 10.0 Å². The summed E-state index contributed by atoms with van der Waals surface area (Å²) < 4.78 is 27.5. The van der Waals surface area contributed by atoms with Crippen LogP contribution in [0.4, 0.5) is 11.4 Å². The number of aromatic nitrogens is 1. The number of nitro groups is 1. The van der Waals surface area contributed by atoms with Crippen molar-refractivity contribution in [2.75, 3.05) is 11.3 Å². The lowest BCUT2D eigenvalue weighted by molar-refractivity contribution is -0.385. The standard InChI is InChI=1S/C21H20N4O5S/c1-15-5-10-19(14-20(15)25(27)28)31(29,30)24-18-8-6-16(7-9-18)21(26)23-13-11-17-4-2-3-12-22-17/h2-10,12,14,24H,11,13H2,1H3,(H,23,26). The molecule has 3 aromatic rings. The van der Waals surface area contributed by atoms with Crippen LogP contribution in [0, 0.1) is 17.0 Å². The highest BCUT2D eigenvalue weighted by Gasteiger charge is 2.20. The predicted molar refractivity (Wildman–Crippen MR) is 115 cm³/mol. The van der Waals surface area contributed by atoms with Crippen LogP contribution in [0.15, 0.2) is 71.8 Å². The van der Waals surface area contributed by atoms with Crippen molar-refractivity contribution in [2.24, 2.45) is 0 Å². The minimum absolute atomic E-state index is 0.221. The van der Waals surface area contributed by atoms with Crippen molar-refractivity contribution in [1.29, 1.82) is 0 Å². The minimum Gasteiger partial charge on any atom is -0.352 e. The van der Waals surface area contributed by atoms with E-state index < -0.39 is 14.9 Å². The molecule has 0 fully saturated rings. The van der Waals surface area contributed by atoms with Crippen molar-refractivity contribution < 1.29 is 18.1 Å². The highest BCUT2D eigenvalue weighted by Crippen LogP contribution is 2.24. The van der Waals surface area contributed by atoms with E-state index in [1.54, 1.807) is 6.20 Å². The molecule has 0 aliphatic carbocycles. The quantitative estimate of drug-likeness (QED) is 0.409. The molecule has 0 saturated heterocycles. The Labute approximate surface area is 179 Å². The molecule has 0 radical (unpaired) electrons. The van der Waals surface area contributed by atoms with Gasteiger partial charge in [-0.1, -0.05) is 12.1 Å². The molecule has 10 heteroatoms. The molecule has 0 bridgehead atoms. The summed E-state index contributed by atoms with van der Waals surface area (Å²) in [5, 5.41) is 13.8. The Morgan fingerprint density at radius 2 is 1.84 bits per heavy atom. The predicted octanol–water partition coefficient (Wildman–Crippen LogP) is 3.07.